The van der Waals surface area contributed by atoms with Crippen molar-refractivity contribution in [3.8, 4) is 0 Å². The molecule has 0 radical (unpaired) electrons. The van der Waals surface area contributed by atoms with Crippen LogP contribution in [0.3, 0.4) is 0 Å². The van der Waals surface area contributed by atoms with Crippen molar-refractivity contribution < 1.29 is 4.74 Å². The van der Waals surface area contributed by atoms with Crippen molar-refractivity contribution in [2.45, 2.75) is 57.4 Å². The van der Waals surface area contributed by atoms with Crippen LogP contribution in [0.25, 0.3) is 0 Å². The molecule has 0 amide bonds. The molecule has 0 fully saturated rings. The second-order valence-corrected chi connectivity index (χ2v) is 5.59. The van der Waals surface area contributed by atoms with Crippen molar-refractivity contribution in [1.82, 2.24) is 0 Å². The molecular formula is C11H22Cl2O. The van der Waals surface area contributed by atoms with Crippen LogP contribution in [-0.4, -0.2) is 23.0 Å². The molecule has 0 saturated heterocycles. The Kier molecular flexibility index (Phi) is 6.43. The Morgan fingerprint density at radius 1 is 1.14 bits per heavy atom. The molecule has 0 aromatic heterocycles. The molecule has 2 unspecified atom stereocenters. The van der Waals surface area contributed by atoms with E-state index in [2.05, 4.69) is 20.8 Å². The average Bonchev–Trinajstić information content (AvgIpc) is 2.16. The van der Waals surface area contributed by atoms with E-state index in [9.17, 15) is 0 Å². The molecule has 0 N–H and O–H groups in total. The van der Waals surface area contributed by atoms with Gasteiger partial charge < -0.3 is 4.74 Å². The third kappa shape index (κ3) is 5.43. The van der Waals surface area contributed by atoms with Gasteiger partial charge in [0, 0.05) is 5.88 Å². The van der Waals surface area contributed by atoms with Crippen LogP contribution in [-0.2, 0) is 4.74 Å². The smallest absolute Gasteiger partial charge is 0.0664 e. The zero-order valence-corrected chi connectivity index (χ0v) is 11.2. The maximum Gasteiger partial charge on any atom is 0.0664 e. The molecule has 0 heterocycles. The zero-order chi connectivity index (χ0) is 11.2. The van der Waals surface area contributed by atoms with Gasteiger partial charge in [-0.2, -0.15) is 0 Å². The number of halogens is 2. The van der Waals surface area contributed by atoms with E-state index in [1.54, 1.807) is 0 Å². The summed E-state index contributed by atoms with van der Waals surface area (Å²) in [6.45, 7) is 8.88. The SMILES string of the molecule is CCC(C)(Cl)COC(C)(CC)CCCl. The first-order chi connectivity index (χ1) is 6.39. The van der Waals surface area contributed by atoms with Gasteiger partial charge in [-0.25, -0.2) is 0 Å². The molecule has 86 valence electrons. The molecule has 3 heteroatoms. The highest BCUT2D eigenvalue weighted by Crippen LogP contribution is 2.26. The average molecular weight is 241 g/mol. The van der Waals surface area contributed by atoms with Crippen LogP contribution in [0.1, 0.15) is 47.0 Å². The van der Waals surface area contributed by atoms with E-state index < -0.39 is 0 Å². The first-order valence-corrected chi connectivity index (χ1v) is 6.19. The first kappa shape index (κ1) is 14.5. The topological polar surface area (TPSA) is 9.23 Å². The minimum Gasteiger partial charge on any atom is -0.373 e. The highest BCUT2D eigenvalue weighted by Gasteiger charge is 2.27. The van der Waals surface area contributed by atoms with Crippen molar-refractivity contribution in [2.75, 3.05) is 12.5 Å². The molecule has 1 nitrogen and oxygen atoms in total. The standard InChI is InChI=1S/C11H22Cl2O/c1-5-10(3,13)9-14-11(4,6-2)7-8-12/h5-9H2,1-4H3. The van der Waals surface area contributed by atoms with E-state index in [0.717, 1.165) is 19.3 Å². The van der Waals surface area contributed by atoms with Gasteiger partial charge in [-0.1, -0.05) is 13.8 Å². The van der Waals surface area contributed by atoms with E-state index in [1.165, 1.54) is 0 Å². The predicted octanol–water partition coefficient (Wildman–Crippen LogP) is 4.21. The molecule has 0 spiro atoms. The van der Waals surface area contributed by atoms with Crippen molar-refractivity contribution in [1.29, 1.82) is 0 Å². The van der Waals surface area contributed by atoms with Gasteiger partial charge in [0.05, 0.1) is 17.1 Å². The molecule has 0 aliphatic rings. The third-order valence-electron chi connectivity index (χ3n) is 2.83. The minimum absolute atomic E-state index is 0.118. The van der Waals surface area contributed by atoms with Gasteiger partial charge in [-0.3, -0.25) is 0 Å². The molecule has 0 aliphatic carbocycles. The van der Waals surface area contributed by atoms with Gasteiger partial charge in [0.15, 0.2) is 0 Å². The maximum atomic E-state index is 6.23. The van der Waals surface area contributed by atoms with Crippen LogP contribution in [0, 0.1) is 0 Å². The van der Waals surface area contributed by atoms with Crippen molar-refractivity contribution in [3.05, 3.63) is 0 Å². The van der Waals surface area contributed by atoms with Gasteiger partial charge >= 0.3 is 0 Å². The van der Waals surface area contributed by atoms with Crippen molar-refractivity contribution >= 4 is 23.2 Å². The molecule has 0 rings (SSSR count). The highest BCUT2D eigenvalue weighted by atomic mass is 35.5. The summed E-state index contributed by atoms with van der Waals surface area (Å²) in [7, 11) is 0. The Morgan fingerprint density at radius 3 is 2.07 bits per heavy atom. The Balaban J connectivity index is 4.06. The molecule has 14 heavy (non-hydrogen) atoms. The number of rotatable bonds is 7. The monoisotopic (exact) mass is 240 g/mol. The second-order valence-electron chi connectivity index (χ2n) is 4.30. The van der Waals surface area contributed by atoms with E-state index in [4.69, 9.17) is 27.9 Å². The fourth-order valence-corrected chi connectivity index (χ4v) is 1.43. The fraction of sp³-hybridized carbons (Fsp3) is 1.00. The molecule has 0 aliphatic heterocycles. The molecule has 0 aromatic rings. The van der Waals surface area contributed by atoms with Crippen LogP contribution in [0.2, 0.25) is 0 Å². The Labute approximate surface area is 98.1 Å². The van der Waals surface area contributed by atoms with Gasteiger partial charge in [0.1, 0.15) is 0 Å². The predicted molar refractivity (Wildman–Crippen MR) is 64.5 cm³/mol. The fourth-order valence-electron chi connectivity index (χ4n) is 0.978. The lowest BCUT2D eigenvalue weighted by Gasteiger charge is -2.32. The van der Waals surface area contributed by atoms with Gasteiger partial charge in [0.2, 0.25) is 0 Å². The lowest BCUT2D eigenvalue weighted by atomic mass is 9.99. The number of alkyl halides is 2. The summed E-state index contributed by atoms with van der Waals surface area (Å²) in [5.74, 6) is 0.634. The van der Waals surface area contributed by atoms with Crippen LogP contribution in [0.4, 0.5) is 0 Å². The summed E-state index contributed by atoms with van der Waals surface area (Å²) in [4.78, 5) is -0.247. The maximum absolute atomic E-state index is 6.23. The second kappa shape index (κ2) is 6.19. The van der Waals surface area contributed by atoms with Crippen LogP contribution < -0.4 is 0 Å². The summed E-state index contributed by atoms with van der Waals surface area (Å²) in [6, 6.07) is 0. The molecule has 2 atom stereocenters. The minimum atomic E-state index is -0.247. The van der Waals surface area contributed by atoms with Crippen molar-refractivity contribution in [3.63, 3.8) is 0 Å². The van der Waals surface area contributed by atoms with Crippen LogP contribution in [0.15, 0.2) is 0 Å². The number of ether oxygens (including phenoxy) is 1. The molecular weight excluding hydrogens is 219 g/mol. The van der Waals surface area contributed by atoms with E-state index in [-0.39, 0.29) is 10.5 Å². The summed E-state index contributed by atoms with van der Waals surface area (Å²) in [6.07, 6.45) is 2.76. The number of hydrogen-bond donors (Lipinski definition) is 0. The quantitative estimate of drug-likeness (QED) is 0.607. The normalized spacial score (nSPS) is 20.1. The lowest BCUT2D eigenvalue weighted by molar-refractivity contribution is -0.0462. The largest absolute Gasteiger partial charge is 0.373 e. The Bertz CT molecular complexity index is 159. The Morgan fingerprint density at radius 2 is 1.71 bits per heavy atom. The summed E-state index contributed by atoms with van der Waals surface area (Å²) in [5, 5.41) is 0. The van der Waals surface area contributed by atoms with E-state index in [0.29, 0.717) is 12.5 Å². The lowest BCUT2D eigenvalue weighted by Crippen LogP contribution is -2.34. The van der Waals surface area contributed by atoms with Gasteiger partial charge in [0.25, 0.3) is 0 Å². The molecule has 0 saturated carbocycles. The molecule has 0 aromatic carbocycles. The summed E-state index contributed by atoms with van der Waals surface area (Å²) >= 11 is 12.0. The van der Waals surface area contributed by atoms with Gasteiger partial charge in [-0.15, -0.1) is 23.2 Å². The van der Waals surface area contributed by atoms with Crippen molar-refractivity contribution in [2.24, 2.45) is 0 Å². The van der Waals surface area contributed by atoms with E-state index in [1.807, 2.05) is 6.92 Å². The molecule has 0 bridgehead atoms. The van der Waals surface area contributed by atoms with Crippen LogP contribution >= 0.6 is 23.2 Å². The summed E-state index contributed by atoms with van der Waals surface area (Å²) in [5.41, 5.74) is -0.118. The highest BCUT2D eigenvalue weighted by molar-refractivity contribution is 6.23. The zero-order valence-electron chi connectivity index (χ0n) is 9.70. The Hall–Kier alpha value is 0.540. The third-order valence-corrected chi connectivity index (χ3v) is 3.40. The summed E-state index contributed by atoms with van der Waals surface area (Å²) < 4.78 is 5.86. The van der Waals surface area contributed by atoms with Gasteiger partial charge in [-0.05, 0) is 33.1 Å². The first-order valence-electron chi connectivity index (χ1n) is 5.28. The van der Waals surface area contributed by atoms with Crippen LogP contribution in [0.5, 0.6) is 0 Å². The number of hydrogen-bond acceptors (Lipinski definition) is 1. The van der Waals surface area contributed by atoms with E-state index >= 15 is 0 Å².